The van der Waals surface area contributed by atoms with E-state index in [1.54, 1.807) is 66.0 Å². The molecule has 13 heteroatoms. The van der Waals surface area contributed by atoms with Crippen molar-refractivity contribution < 1.29 is 38.3 Å². The lowest BCUT2D eigenvalue weighted by Gasteiger charge is -2.22. The predicted molar refractivity (Wildman–Crippen MR) is 183 cm³/mol. The second-order valence-electron chi connectivity index (χ2n) is 12.4. The minimum atomic E-state index is -0.767. The van der Waals surface area contributed by atoms with Crippen molar-refractivity contribution in [3.8, 4) is 28.4 Å². The Morgan fingerprint density at radius 3 is 1.96 bits per heavy atom. The first-order valence-electron chi connectivity index (χ1n) is 15.8. The molecule has 0 spiro atoms. The number of nitro benzene ring substituents is 1. The van der Waals surface area contributed by atoms with E-state index in [2.05, 4.69) is 5.32 Å². The lowest BCUT2D eigenvalue weighted by molar-refractivity contribution is -0.384. The first-order chi connectivity index (χ1) is 23.1. The van der Waals surface area contributed by atoms with Crippen molar-refractivity contribution in [1.82, 2.24) is 5.32 Å². The van der Waals surface area contributed by atoms with Gasteiger partial charge in [0.2, 0.25) is 5.75 Å². The van der Waals surface area contributed by atoms with Crippen LogP contribution in [0.4, 0.5) is 5.69 Å². The van der Waals surface area contributed by atoms with Crippen LogP contribution in [0, 0.1) is 27.9 Å². The van der Waals surface area contributed by atoms with E-state index in [1.807, 2.05) is 0 Å². The van der Waals surface area contributed by atoms with Crippen molar-refractivity contribution >= 4 is 41.3 Å². The fourth-order valence-corrected chi connectivity index (χ4v) is 5.45. The number of aryl methyl sites for hydroxylation is 1. The first-order valence-corrected chi connectivity index (χ1v) is 17.0. The number of non-ortho nitro benzene ring substituents is 1. The fourth-order valence-electron chi connectivity index (χ4n) is 4.99. The Balaban J connectivity index is 2.02. The van der Waals surface area contributed by atoms with Crippen molar-refractivity contribution in [3.63, 3.8) is 0 Å². The van der Waals surface area contributed by atoms with E-state index in [0.717, 1.165) is 0 Å². The average molecular weight is 691 g/mol. The highest BCUT2D eigenvalue weighted by Gasteiger charge is 2.34. The summed E-state index contributed by atoms with van der Waals surface area (Å²) < 4.78 is 17.5. The van der Waals surface area contributed by atoms with Gasteiger partial charge in [0.25, 0.3) is 11.6 Å². The van der Waals surface area contributed by atoms with Crippen LogP contribution in [0.3, 0.4) is 0 Å². The molecule has 258 valence electrons. The highest BCUT2D eigenvalue weighted by atomic mass is 32.2. The molecule has 0 saturated heterocycles. The van der Waals surface area contributed by atoms with Crippen LogP contribution in [0.5, 0.6) is 17.2 Å². The van der Waals surface area contributed by atoms with Gasteiger partial charge in [-0.15, -0.1) is 11.8 Å². The van der Waals surface area contributed by atoms with Gasteiger partial charge in [0.1, 0.15) is 0 Å². The molecule has 1 N–H and O–H groups in total. The van der Waals surface area contributed by atoms with Gasteiger partial charge in [0.15, 0.2) is 16.9 Å². The van der Waals surface area contributed by atoms with Crippen molar-refractivity contribution in [2.45, 2.75) is 65.3 Å². The highest BCUT2D eigenvalue weighted by molar-refractivity contribution is 7.98. The molecule has 0 aliphatic heterocycles. The zero-order valence-electron chi connectivity index (χ0n) is 28.3. The Morgan fingerprint density at radius 1 is 0.837 bits per heavy atom. The van der Waals surface area contributed by atoms with Crippen LogP contribution in [0.1, 0.15) is 75.5 Å². The number of carbonyl (C=O) groups is 4. The summed E-state index contributed by atoms with van der Waals surface area (Å²) in [5.74, 6) is -4.77. The zero-order valence-corrected chi connectivity index (χ0v) is 29.1. The number of thioether (sulfide) groups is 1. The molecule has 1 aliphatic carbocycles. The number of ether oxygens (including phenoxy) is 3. The number of hydrogen-bond donors (Lipinski definition) is 1. The summed E-state index contributed by atoms with van der Waals surface area (Å²) in [6, 6.07) is 10.6. The fraction of sp³-hybridized carbons (Fsp3) is 0.361. The van der Waals surface area contributed by atoms with E-state index < -0.39 is 52.5 Å². The molecule has 0 fully saturated rings. The van der Waals surface area contributed by atoms with Gasteiger partial charge >= 0.3 is 17.9 Å². The van der Waals surface area contributed by atoms with Crippen LogP contribution in [0.15, 0.2) is 58.2 Å². The van der Waals surface area contributed by atoms with Gasteiger partial charge in [-0.1, -0.05) is 47.6 Å². The minimum Gasteiger partial charge on any atom is -0.422 e. The molecule has 0 radical (unpaired) electrons. The molecule has 0 unspecified atom stereocenters. The number of nitrogens with one attached hydrogen (secondary N) is 1. The van der Waals surface area contributed by atoms with Gasteiger partial charge in [-0.25, -0.2) is 0 Å². The van der Waals surface area contributed by atoms with Gasteiger partial charge in [0.05, 0.1) is 33.6 Å². The van der Waals surface area contributed by atoms with Gasteiger partial charge < -0.3 is 19.5 Å². The lowest BCUT2D eigenvalue weighted by Crippen LogP contribution is -2.29. The quantitative estimate of drug-likeness (QED) is 0.0816. The van der Waals surface area contributed by atoms with Crippen LogP contribution in [-0.4, -0.2) is 35.0 Å². The minimum absolute atomic E-state index is 0.123. The number of hydrogen-bond acceptors (Lipinski definition) is 11. The van der Waals surface area contributed by atoms with E-state index in [4.69, 9.17) is 14.2 Å². The van der Waals surface area contributed by atoms with Gasteiger partial charge in [-0.2, -0.15) is 0 Å². The van der Waals surface area contributed by atoms with Crippen molar-refractivity contribution in [3.05, 3.63) is 85.6 Å². The normalized spacial score (nSPS) is 13.6. The zero-order chi connectivity index (χ0) is 36.2. The van der Waals surface area contributed by atoms with Crippen LogP contribution in [-0.2, 0) is 20.8 Å². The standard InChI is InChI=1S/C36H38N2O10S/c1-18(2)34(41)46-28-16-22-10-14-26(37-33(40)21-8-11-23(12-9-21)38(44)45)25-17-27(39)29(49-7)15-13-24(25)30(22)32(48-36(43)20(5)6)31(28)47-35(42)19(3)4/h8-9,11-13,15-20,26H,10,14H2,1-7H3,(H,37,40)/t26-/m0/s1. The van der Waals surface area contributed by atoms with E-state index in [9.17, 15) is 34.1 Å². The lowest BCUT2D eigenvalue weighted by atomic mass is 9.95. The van der Waals surface area contributed by atoms with Gasteiger partial charge in [-0.3, -0.25) is 34.1 Å². The Kier molecular flexibility index (Phi) is 11.6. The molecule has 49 heavy (non-hydrogen) atoms. The maximum Gasteiger partial charge on any atom is 0.314 e. The van der Waals surface area contributed by atoms with Crippen molar-refractivity contribution in [1.29, 1.82) is 0 Å². The largest absolute Gasteiger partial charge is 0.422 e. The van der Waals surface area contributed by atoms with Crippen molar-refractivity contribution in [2.75, 3.05) is 6.26 Å². The molecule has 1 amide bonds. The van der Waals surface area contributed by atoms with E-state index in [-0.39, 0.29) is 46.8 Å². The summed E-state index contributed by atoms with van der Waals surface area (Å²) in [4.78, 5) is 77.1. The molecule has 1 aliphatic rings. The summed E-state index contributed by atoms with van der Waals surface area (Å²) in [5, 5.41) is 14.1. The third-order valence-electron chi connectivity index (χ3n) is 7.77. The Bertz CT molecular complexity index is 1870. The van der Waals surface area contributed by atoms with Crippen LogP contribution >= 0.6 is 11.8 Å². The number of rotatable bonds is 10. The molecule has 3 aromatic carbocycles. The second kappa shape index (κ2) is 15.5. The summed E-state index contributed by atoms with van der Waals surface area (Å²) in [7, 11) is 0. The Morgan fingerprint density at radius 2 is 1.41 bits per heavy atom. The molecular weight excluding hydrogens is 652 g/mol. The molecule has 0 bridgehead atoms. The monoisotopic (exact) mass is 690 g/mol. The summed E-state index contributed by atoms with van der Waals surface area (Å²) in [6.07, 6.45) is 2.23. The summed E-state index contributed by atoms with van der Waals surface area (Å²) in [5.41, 5.74) is 1.35. The third kappa shape index (κ3) is 8.34. The van der Waals surface area contributed by atoms with E-state index in [1.165, 1.54) is 42.1 Å². The molecule has 0 heterocycles. The number of carbonyl (C=O) groups excluding carboxylic acids is 4. The topological polar surface area (TPSA) is 168 Å². The Hall–Kier alpha value is -5.04. The number of esters is 3. The van der Waals surface area contributed by atoms with E-state index in [0.29, 0.717) is 27.1 Å². The number of nitrogens with zero attached hydrogens (tertiary/aromatic N) is 1. The summed E-state index contributed by atoms with van der Waals surface area (Å²) in [6.45, 7) is 9.80. The second-order valence-corrected chi connectivity index (χ2v) is 13.3. The molecule has 3 aromatic rings. The molecule has 4 rings (SSSR count). The molecule has 0 aromatic heterocycles. The third-order valence-corrected chi connectivity index (χ3v) is 8.55. The summed E-state index contributed by atoms with van der Waals surface area (Å²) >= 11 is 1.23. The van der Waals surface area contributed by atoms with Crippen molar-refractivity contribution in [2.24, 2.45) is 17.8 Å². The van der Waals surface area contributed by atoms with E-state index >= 15 is 0 Å². The maximum absolute atomic E-state index is 13.5. The molecule has 12 nitrogen and oxygen atoms in total. The predicted octanol–water partition coefficient (Wildman–Crippen LogP) is 6.45. The number of nitro groups is 1. The molecular formula is C36H38N2O10S. The number of benzene rings is 2. The van der Waals surface area contributed by atoms with Crippen LogP contribution in [0.2, 0.25) is 0 Å². The highest BCUT2D eigenvalue weighted by Crippen LogP contribution is 2.51. The maximum atomic E-state index is 13.5. The van der Waals surface area contributed by atoms with Crippen LogP contribution < -0.4 is 25.0 Å². The molecule has 1 atom stereocenters. The van der Waals surface area contributed by atoms with Gasteiger partial charge in [-0.05, 0) is 66.1 Å². The Labute approximate surface area is 287 Å². The molecule has 0 saturated carbocycles. The van der Waals surface area contributed by atoms with Crippen LogP contribution in [0.25, 0.3) is 11.1 Å². The SMILES string of the molecule is CSc1ccc2c(cc1=O)[C@@H](NC(=O)c1ccc([N+](=O)[O-])cc1)CCc1cc(OC(=O)C(C)C)c(OC(=O)C(C)C)c(OC(=O)C(C)C)c1-2. The number of amides is 1. The van der Waals surface area contributed by atoms with Gasteiger partial charge in [0, 0.05) is 23.3 Å². The number of fused-ring (bicyclic) bond motifs is 3. The average Bonchev–Trinajstić information content (AvgIpc) is 3.30. The smallest absolute Gasteiger partial charge is 0.314 e. The first kappa shape index (κ1) is 36.8.